The summed E-state index contributed by atoms with van der Waals surface area (Å²) < 4.78 is 4.88. The number of hydrogen-bond acceptors (Lipinski definition) is 6. The SMILES string of the molecule is COc1nc2c(cc1Cl)C(=O)C([N+](=O)[O-])C(=O)N2C. The molecule has 0 fully saturated rings. The van der Waals surface area contributed by atoms with Crippen LogP contribution in [0.5, 0.6) is 5.88 Å². The van der Waals surface area contributed by atoms with Crippen LogP contribution in [0.1, 0.15) is 10.4 Å². The Morgan fingerprint density at radius 3 is 2.68 bits per heavy atom. The van der Waals surface area contributed by atoms with Crippen LogP contribution in [0.2, 0.25) is 5.02 Å². The zero-order valence-corrected chi connectivity index (χ0v) is 10.7. The molecular formula is C10H8ClN3O5. The zero-order valence-electron chi connectivity index (χ0n) is 9.92. The topological polar surface area (TPSA) is 103 Å². The summed E-state index contributed by atoms with van der Waals surface area (Å²) >= 11 is 5.83. The molecule has 1 amide bonds. The monoisotopic (exact) mass is 285 g/mol. The number of ether oxygens (including phenoxy) is 1. The number of anilines is 1. The summed E-state index contributed by atoms with van der Waals surface area (Å²) in [6.45, 7) is 0. The number of halogens is 1. The van der Waals surface area contributed by atoms with E-state index in [4.69, 9.17) is 16.3 Å². The molecule has 1 aliphatic rings. The van der Waals surface area contributed by atoms with Gasteiger partial charge in [0.25, 0.3) is 0 Å². The summed E-state index contributed by atoms with van der Waals surface area (Å²) in [5, 5.41) is 10.8. The van der Waals surface area contributed by atoms with E-state index in [0.717, 1.165) is 4.90 Å². The van der Waals surface area contributed by atoms with E-state index in [0.29, 0.717) is 0 Å². The maximum atomic E-state index is 11.9. The predicted molar refractivity (Wildman–Crippen MR) is 64.3 cm³/mol. The molecule has 1 unspecified atom stereocenters. The average Bonchev–Trinajstić information content (AvgIpc) is 2.35. The van der Waals surface area contributed by atoms with E-state index in [2.05, 4.69) is 4.98 Å². The number of nitrogens with zero attached hydrogens (tertiary/aromatic N) is 3. The predicted octanol–water partition coefficient (Wildman–Crippen LogP) is 0.548. The summed E-state index contributed by atoms with van der Waals surface area (Å²) in [5.41, 5.74) is -0.0744. The molecule has 1 aliphatic heterocycles. The molecule has 0 aliphatic carbocycles. The smallest absolute Gasteiger partial charge is 0.351 e. The van der Waals surface area contributed by atoms with Crippen LogP contribution in [-0.2, 0) is 4.79 Å². The van der Waals surface area contributed by atoms with Crippen LogP contribution in [0.3, 0.4) is 0 Å². The van der Waals surface area contributed by atoms with Gasteiger partial charge in [-0.2, -0.15) is 4.98 Å². The van der Waals surface area contributed by atoms with Crippen molar-refractivity contribution in [2.75, 3.05) is 19.1 Å². The van der Waals surface area contributed by atoms with Crippen molar-refractivity contribution in [3.63, 3.8) is 0 Å². The minimum atomic E-state index is -1.95. The molecule has 0 saturated carbocycles. The van der Waals surface area contributed by atoms with E-state index < -0.39 is 22.7 Å². The van der Waals surface area contributed by atoms with Crippen LogP contribution >= 0.6 is 11.6 Å². The van der Waals surface area contributed by atoms with Crippen LogP contribution in [0.4, 0.5) is 5.82 Å². The van der Waals surface area contributed by atoms with Crippen molar-refractivity contribution in [3.05, 3.63) is 26.8 Å². The largest absolute Gasteiger partial charge is 0.480 e. The van der Waals surface area contributed by atoms with Gasteiger partial charge in [0.1, 0.15) is 5.02 Å². The second-order valence-electron chi connectivity index (χ2n) is 3.80. The number of rotatable bonds is 2. The van der Waals surface area contributed by atoms with Crippen molar-refractivity contribution >= 4 is 29.1 Å². The van der Waals surface area contributed by atoms with Crippen molar-refractivity contribution in [2.45, 2.75) is 6.04 Å². The van der Waals surface area contributed by atoms with Gasteiger partial charge in [0.2, 0.25) is 11.7 Å². The number of ketones is 1. The van der Waals surface area contributed by atoms with E-state index in [1.807, 2.05) is 0 Å². The van der Waals surface area contributed by atoms with Gasteiger partial charge in [0.15, 0.2) is 5.82 Å². The number of aromatic nitrogens is 1. The Labute approximate surface area is 112 Å². The van der Waals surface area contributed by atoms with Crippen LogP contribution < -0.4 is 9.64 Å². The molecule has 2 heterocycles. The van der Waals surface area contributed by atoms with Gasteiger partial charge in [-0.3, -0.25) is 24.6 Å². The van der Waals surface area contributed by atoms with Crippen molar-refractivity contribution < 1.29 is 19.2 Å². The Hall–Kier alpha value is -2.22. The lowest BCUT2D eigenvalue weighted by atomic mass is 9.99. The molecule has 100 valence electrons. The van der Waals surface area contributed by atoms with E-state index >= 15 is 0 Å². The number of likely N-dealkylation sites (N-methyl/N-ethyl adjacent to an activating group) is 1. The minimum Gasteiger partial charge on any atom is -0.480 e. The Bertz CT molecular complexity index is 603. The first-order chi connectivity index (χ1) is 8.88. The quantitative estimate of drug-likeness (QED) is 0.446. The molecule has 1 aromatic rings. The molecule has 0 bridgehead atoms. The number of Topliss-reactive ketones (excluding diaryl/α,β-unsaturated/α-hetero) is 1. The molecule has 1 atom stereocenters. The summed E-state index contributed by atoms with van der Waals surface area (Å²) in [5.74, 6) is -1.85. The molecule has 0 saturated heterocycles. The van der Waals surface area contributed by atoms with Gasteiger partial charge in [0, 0.05) is 12.0 Å². The summed E-state index contributed by atoms with van der Waals surface area (Å²) in [7, 11) is 2.62. The van der Waals surface area contributed by atoms with Crippen molar-refractivity contribution in [2.24, 2.45) is 0 Å². The van der Waals surface area contributed by atoms with Crippen LogP contribution in [0.25, 0.3) is 0 Å². The van der Waals surface area contributed by atoms with Crippen molar-refractivity contribution in [1.82, 2.24) is 4.98 Å². The fraction of sp³-hybridized carbons (Fsp3) is 0.300. The lowest BCUT2D eigenvalue weighted by Gasteiger charge is -2.25. The van der Waals surface area contributed by atoms with Crippen LogP contribution in [0.15, 0.2) is 6.07 Å². The van der Waals surface area contributed by atoms with Crippen molar-refractivity contribution in [3.8, 4) is 5.88 Å². The molecule has 1 aromatic heterocycles. The summed E-state index contributed by atoms with van der Waals surface area (Å²) in [6.07, 6.45) is 0. The number of carbonyl (C=O) groups excluding carboxylic acids is 2. The molecule has 8 nitrogen and oxygen atoms in total. The number of carbonyl (C=O) groups is 2. The van der Waals surface area contributed by atoms with Crippen LogP contribution in [-0.4, -0.2) is 41.8 Å². The van der Waals surface area contributed by atoms with E-state index in [9.17, 15) is 19.7 Å². The first-order valence-electron chi connectivity index (χ1n) is 5.08. The van der Waals surface area contributed by atoms with Gasteiger partial charge in [-0.25, -0.2) is 0 Å². The lowest BCUT2D eigenvalue weighted by molar-refractivity contribution is -0.491. The highest BCUT2D eigenvalue weighted by atomic mass is 35.5. The number of fused-ring (bicyclic) bond motifs is 1. The fourth-order valence-corrected chi connectivity index (χ4v) is 2.00. The average molecular weight is 286 g/mol. The molecule has 19 heavy (non-hydrogen) atoms. The third kappa shape index (κ3) is 1.89. The molecule has 0 spiro atoms. The lowest BCUT2D eigenvalue weighted by Crippen LogP contribution is -2.50. The van der Waals surface area contributed by atoms with Gasteiger partial charge in [-0.05, 0) is 6.07 Å². The Morgan fingerprint density at radius 1 is 1.53 bits per heavy atom. The zero-order chi connectivity index (χ0) is 14.3. The van der Waals surface area contributed by atoms with E-state index in [-0.39, 0.29) is 22.3 Å². The molecule has 0 N–H and O–H groups in total. The number of methoxy groups -OCH3 is 1. The van der Waals surface area contributed by atoms with E-state index in [1.165, 1.54) is 20.2 Å². The second-order valence-corrected chi connectivity index (χ2v) is 4.21. The van der Waals surface area contributed by atoms with Gasteiger partial charge >= 0.3 is 11.9 Å². The first kappa shape index (κ1) is 13.2. The highest BCUT2D eigenvalue weighted by Gasteiger charge is 2.47. The fourth-order valence-electron chi connectivity index (χ4n) is 1.78. The van der Waals surface area contributed by atoms with Gasteiger partial charge < -0.3 is 4.74 Å². The Kier molecular flexibility index (Phi) is 3.11. The number of hydrogen-bond donors (Lipinski definition) is 0. The summed E-state index contributed by atoms with van der Waals surface area (Å²) in [4.78, 5) is 38.4. The van der Waals surface area contributed by atoms with Gasteiger partial charge in [-0.1, -0.05) is 11.6 Å². The highest BCUT2D eigenvalue weighted by molar-refractivity contribution is 6.33. The molecule has 9 heteroatoms. The van der Waals surface area contributed by atoms with E-state index in [1.54, 1.807) is 0 Å². The number of pyridine rings is 1. The van der Waals surface area contributed by atoms with Crippen LogP contribution in [0, 0.1) is 10.1 Å². The first-order valence-corrected chi connectivity index (χ1v) is 5.46. The normalized spacial score (nSPS) is 18.3. The van der Waals surface area contributed by atoms with Gasteiger partial charge in [0.05, 0.1) is 12.7 Å². The van der Waals surface area contributed by atoms with Crippen molar-refractivity contribution in [1.29, 1.82) is 0 Å². The molecular weight excluding hydrogens is 278 g/mol. The molecule has 0 aromatic carbocycles. The Balaban J connectivity index is 2.65. The van der Waals surface area contributed by atoms with Gasteiger partial charge in [-0.15, -0.1) is 0 Å². The molecule has 2 rings (SSSR count). The third-order valence-corrected chi connectivity index (χ3v) is 2.99. The maximum Gasteiger partial charge on any atom is 0.351 e. The Morgan fingerprint density at radius 2 is 2.16 bits per heavy atom. The third-order valence-electron chi connectivity index (χ3n) is 2.72. The second kappa shape index (κ2) is 4.47. The standard InChI is InChI=1S/C10H8ClN3O5/c1-13-8-4(3-5(11)9(12-8)19-2)7(15)6(10(13)16)14(17)18/h3,6H,1-2H3. The summed E-state index contributed by atoms with van der Waals surface area (Å²) in [6, 6.07) is -0.742. The number of amides is 1. The molecule has 0 radical (unpaired) electrons. The highest BCUT2D eigenvalue weighted by Crippen LogP contribution is 2.33. The maximum absolute atomic E-state index is 11.9. The number of nitro groups is 1. The minimum absolute atomic E-state index is 0.00523.